The monoisotopic (exact) mass is 272 g/mol. The molecule has 0 saturated heterocycles. The minimum Gasteiger partial charge on any atom is -0.497 e. The third kappa shape index (κ3) is 2.24. The molecule has 0 spiro atoms. The molecule has 1 N–H and O–H groups in total. The molecule has 4 nitrogen and oxygen atoms in total. The van der Waals surface area contributed by atoms with E-state index in [2.05, 4.69) is 10.3 Å². The van der Waals surface area contributed by atoms with Gasteiger partial charge in [0.15, 0.2) is 0 Å². The Balaban J connectivity index is 2.06. The molecule has 0 aliphatic carbocycles. The Kier molecular flexibility index (Phi) is 3.05. The lowest BCUT2D eigenvalue weighted by atomic mass is 10.0. The standard InChI is InChI=1S/C14H12N2O2S/c1-18-10-4-2-9(3-5-10)13-11-6-7-19-14(11)16-12(17)8-15-13/h2-7H,8H2,1H3,(H,16,17). The molecule has 0 saturated carbocycles. The minimum absolute atomic E-state index is 0.0767. The summed E-state index contributed by atoms with van der Waals surface area (Å²) in [7, 11) is 1.64. The van der Waals surface area contributed by atoms with Gasteiger partial charge in [-0.15, -0.1) is 11.3 Å². The summed E-state index contributed by atoms with van der Waals surface area (Å²) in [6.45, 7) is 0.156. The molecule has 96 valence electrons. The molecule has 0 unspecified atom stereocenters. The van der Waals surface area contributed by atoms with Crippen molar-refractivity contribution in [2.24, 2.45) is 4.99 Å². The van der Waals surface area contributed by atoms with E-state index in [9.17, 15) is 4.79 Å². The van der Waals surface area contributed by atoms with Gasteiger partial charge in [-0.3, -0.25) is 9.79 Å². The SMILES string of the molecule is COc1ccc(C2=NCC(=O)Nc3sccc32)cc1. The Morgan fingerprint density at radius 3 is 2.79 bits per heavy atom. The number of carbonyl (C=O) groups excluding carboxylic acids is 1. The van der Waals surface area contributed by atoms with Crippen molar-refractivity contribution in [2.45, 2.75) is 0 Å². The van der Waals surface area contributed by atoms with Crippen LogP contribution in [0.2, 0.25) is 0 Å². The summed E-state index contributed by atoms with van der Waals surface area (Å²) in [4.78, 5) is 16.0. The van der Waals surface area contributed by atoms with Crippen LogP contribution in [0, 0.1) is 0 Å². The Hall–Kier alpha value is -2.14. The number of anilines is 1. The van der Waals surface area contributed by atoms with Gasteiger partial charge in [-0.25, -0.2) is 0 Å². The number of ether oxygens (including phenoxy) is 1. The molecule has 1 aliphatic rings. The first-order chi connectivity index (χ1) is 9.28. The van der Waals surface area contributed by atoms with Crippen LogP contribution in [-0.2, 0) is 4.79 Å². The maximum absolute atomic E-state index is 11.6. The van der Waals surface area contributed by atoms with Crippen molar-refractivity contribution in [3.8, 4) is 5.75 Å². The molecule has 5 heteroatoms. The molecule has 0 bridgehead atoms. The van der Waals surface area contributed by atoms with Gasteiger partial charge < -0.3 is 10.1 Å². The fourth-order valence-corrected chi connectivity index (χ4v) is 2.80. The van der Waals surface area contributed by atoms with Gasteiger partial charge in [-0.1, -0.05) is 0 Å². The van der Waals surface area contributed by atoms with Crippen LogP contribution in [0.15, 0.2) is 40.7 Å². The molecule has 1 aromatic heterocycles. The van der Waals surface area contributed by atoms with E-state index in [0.717, 1.165) is 27.6 Å². The molecule has 19 heavy (non-hydrogen) atoms. The van der Waals surface area contributed by atoms with Gasteiger partial charge in [-0.2, -0.15) is 0 Å². The molecule has 2 heterocycles. The van der Waals surface area contributed by atoms with Gasteiger partial charge >= 0.3 is 0 Å². The zero-order chi connectivity index (χ0) is 13.2. The van der Waals surface area contributed by atoms with Crippen molar-refractivity contribution in [2.75, 3.05) is 19.0 Å². The highest BCUT2D eigenvalue weighted by Gasteiger charge is 2.18. The van der Waals surface area contributed by atoms with E-state index in [-0.39, 0.29) is 12.5 Å². The summed E-state index contributed by atoms with van der Waals surface area (Å²) >= 11 is 1.51. The number of nitrogens with zero attached hydrogens (tertiary/aromatic N) is 1. The summed E-state index contributed by atoms with van der Waals surface area (Å²) in [6, 6.07) is 9.67. The van der Waals surface area contributed by atoms with Crippen LogP contribution in [0.1, 0.15) is 11.1 Å². The Labute approximate surface area is 114 Å². The normalized spacial score (nSPS) is 14.2. The largest absolute Gasteiger partial charge is 0.497 e. The van der Waals surface area contributed by atoms with Crippen molar-refractivity contribution in [1.82, 2.24) is 0 Å². The Morgan fingerprint density at radius 1 is 1.26 bits per heavy atom. The van der Waals surface area contributed by atoms with Gasteiger partial charge in [0.2, 0.25) is 5.91 Å². The van der Waals surface area contributed by atoms with E-state index >= 15 is 0 Å². The second-order valence-corrected chi connectivity index (χ2v) is 5.02. The number of rotatable bonds is 2. The molecule has 1 amide bonds. The van der Waals surface area contributed by atoms with Crippen molar-refractivity contribution in [1.29, 1.82) is 0 Å². The number of carbonyl (C=O) groups is 1. The Morgan fingerprint density at radius 2 is 2.05 bits per heavy atom. The zero-order valence-electron chi connectivity index (χ0n) is 10.3. The van der Waals surface area contributed by atoms with Crippen molar-refractivity contribution in [3.05, 3.63) is 46.8 Å². The van der Waals surface area contributed by atoms with Crippen LogP contribution in [0.25, 0.3) is 0 Å². The predicted octanol–water partition coefficient (Wildman–Crippen LogP) is 2.55. The van der Waals surface area contributed by atoms with E-state index in [1.165, 1.54) is 11.3 Å². The molecule has 3 rings (SSSR count). The number of aliphatic imine (C=N–C) groups is 1. The first-order valence-corrected chi connectivity index (χ1v) is 6.72. The summed E-state index contributed by atoms with van der Waals surface area (Å²) in [6.07, 6.45) is 0. The lowest BCUT2D eigenvalue weighted by molar-refractivity contribution is -0.114. The Bertz CT molecular complexity index is 644. The van der Waals surface area contributed by atoms with E-state index in [4.69, 9.17) is 4.74 Å². The average Bonchev–Trinajstić information content (AvgIpc) is 2.82. The summed E-state index contributed by atoms with van der Waals surface area (Å²) in [5, 5.41) is 5.68. The smallest absolute Gasteiger partial charge is 0.246 e. The quantitative estimate of drug-likeness (QED) is 0.913. The van der Waals surface area contributed by atoms with Crippen molar-refractivity contribution < 1.29 is 9.53 Å². The fourth-order valence-electron chi connectivity index (χ4n) is 1.99. The van der Waals surface area contributed by atoms with Crippen LogP contribution in [0.5, 0.6) is 5.75 Å². The second kappa shape index (κ2) is 4.85. The number of hydrogen-bond acceptors (Lipinski definition) is 4. The van der Waals surface area contributed by atoms with Gasteiger partial charge in [0, 0.05) is 11.1 Å². The van der Waals surface area contributed by atoms with Gasteiger partial charge in [0.05, 0.1) is 12.8 Å². The van der Waals surface area contributed by atoms with E-state index in [1.807, 2.05) is 35.7 Å². The van der Waals surface area contributed by atoms with Crippen LogP contribution >= 0.6 is 11.3 Å². The number of fused-ring (bicyclic) bond motifs is 1. The molecule has 1 aliphatic heterocycles. The summed E-state index contributed by atoms with van der Waals surface area (Å²) in [5.41, 5.74) is 2.80. The highest BCUT2D eigenvalue weighted by atomic mass is 32.1. The van der Waals surface area contributed by atoms with E-state index < -0.39 is 0 Å². The zero-order valence-corrected chi connectivity index (χ0v) is 11.2. The lowest BCUT2D eigenvalue weighted by Gasteiger charge is -2.06. The third-order valence-corrected chi connectivity index (χ3v) is 3.75. The van der Waals surface area contributed by atoms with E-state index in [0.29, 0.717) is 0 Å². The topological polar surface area (TPSA) is 50.7 Å². The van der Waals surface area contributed by atoms with Crippen molar-refractivity contribution >= 4 is 28.0 Å². The lowest BCUT2D eigenvalue weighted by Crippen LogP contribution is -2.12. The number of methoxy groups -OCH3 is 1. The number of benzene rings is 1. The first-order valence-electron chi connectivity index (χ1n) is 5.84. The van der Waals surface area contributed by atoms with E-state index in [1.54, 1.807) is 7.11 Å². The minimum atomic E-state index is -0.0767. The molecular weight excluding hydrogens is 260 g/mol. The van der Waals surface area contributed by atoms with Crippen LogP contribution < -0.4 is 10.1 Å². The van der Waals surface area contributed by atoms with Crippen molar-refractivity contribution in [3.63, 3.8) is 0 Å². The van der Waals surface area contributed by atoms with Gasteiger partial charge in [0.25, 0.3) is 0 Å². The number of amides is 1. The van der Waals surface area contributed by atoms with Gasteiger partial charge in [0.1, 0.15) is 17.3 Å². The number of thiophene rings is 1. The number of hydrogen-bond donors (Lipinski definition) is 1. The fraction of sp³-hybridized carbons (Fsp3) is 0.143. The molecule has 2 aromatic rings. The molecule has 0 radical (unpaired) electrons. The number of nitrogens with one attached hydrogen (secondary N) is 1. The van der Waals surface area contributed by atoms with Crippen LogP contribution in [0.4, 0.5) is 5.00 Å². The summed E-state index contributed by atoms with van der Waals surface area (Å²) in [5.74, 6) is 0.727. The van der Waals surface area contributed by atoms with Gasteiger partial charge in [-0.05, 0) is 35.7 Å². The molecule has 1 aromatic carbocycles. The highest BCUT2D eigenvalue weighted by molar-refractivity contribution is 7.14. The highest BCUT2D eigenvalue weighted by Crippen LogP contribution is 2.28. The molecule has 0 fully saturated rings. The second-order valence-electron chi connectivity index (χ2n) is 4.10. The summed E-state index contributed by atoms with van der Waals surface area (Å²) < 4.78 is 5.15. The van der Waals surface area contributed by atoms with Crippen LogP contribution in [-0.4, -0.2) is 25.3 Å². The first kappa shape index (κ1) is 11.9. The maximum atomic E-state index is 11.6. The average molecular weight is 272 g/mol. The van der Waals surface area contributed by atoms with Crippen LogP contribution in [0.3, 0.4) is 0 Å². The molecule has 0 atom stereocenters. The third-order valence-electron chi connectivity index (χ3n) is 2.92. The maximum Gasteiger partial charge on any atom is 0.246 e. The predicted molar refractivity (Wildman–Crippen MR) is 76.4 cm³/mol. The molecular formula is C14H12N2O2S.